The van der Waals surface area contributed by atoms with Crippen molar-refractivity contribution in [2.24, 2.45) is 5.92 Å². The predicted octanol–water partition coefficient (Wildman–Crippen LogP) is 3.18. The lowest BCUT2D eigenvalue weighted by atomic mass is 9.91. The Labute approximate surface area is 138 Å². The van der Waals surface area contributed by atoms with Crippen LogP contribution in [0.4, 0.5) is 5.69 Å². The molecule has 2 aliphatic rings. The molecule has 0 atom stereocenters. The molecular weight excluding hydrogens is 286 g/mol. The van der Waals surface area contributed by atoms with Gasteiger partial charge in [-0.1, -0.05) is 0 Å². The third kappa shape index (κ3) is 4.04. The molecule has 23 heavy (non-hydrogen) atoms. The maximum absolute atomic E-state index is 12.1. The summed E-state index contributed by atoms with van der Waals surface area (Å²) in [5, 5.41) is 8.86. The van der Waals surface area contributed by atoms with Crippen molar-refractivity contribution in [2.45, 2.75) is 38.5 Å². The van der Waals surface area contributed by atoms with Gasteiger partial charge in [-0.25, -0.2) is 0 Å². The van der Waals surface area contributed by atoms with Crippen LogP contribution in [-0.4, -0.2) is 37.0 Å². The summed E-state index contributed by atoms with van der Waals surface area (Å²) in [6.45, 7) is 4.04. The highest BCUT2D eigenvalue weighted by atomic mass is 16.2. The Kier molecular flexibility index (Phi) is 5.17. The number of likely N-dealkylation sites (tertiary alicyclic amines) is 1. The van der Waals surface area contributed by atoms with E-state index in [4.69, 9.17) is 5.26 Å². The number of nitrogens with zero attached hydrogens (tertiary/aromatic N) is 3. The van der Waals surface area contributed by atoms with Gasteiger partial charge in [-0.15, -0.1) is 0 Å². The van der Waals surface area contributed by atoms with Crippen LogP contribution in [0.15, 0.2) is 24.3 Å². The van der Waals surface area contributed by atoms with E-state index in [0.717, 1.165) is 51.9 Å². The Hall–Kier alpha value is -2.02. The van der Waals surface area contributed by atoms with Gasteiger partial charge in [-0.3, -0.25) is 4.79 Å². The van der Waals surface area contributed by atoms with Crippen LogP contribution < -0.4 is 4.90 Å². The van der Waals surface area contributed by atoms with Crippen molar-refractivity contribution in [1.29, 1.82) is 5.26 Å². The molecule has 0 aliphatic carbocycles. The van der Waals surface area contributed by atoms with Gasteiger partial charge in [0.15, 0.2) is 0 Å². The Bertz CT molecular complexity index is 561. The molecule has 2 saturated heterocycles. The molecule has 2 heterocycles. The first-order valence-corrected chi connectivity index (χ1v) is 8.79. The number of hydrogen-bond acceptors (Lipinski definition) is 3. The third-order valence-electron chi connectivity index (χ3n) is 5.20. The average molecular weight is 311 g/mol. The van der Waals surface area contributed by atoms with E-state index in [1.54, 1.807) is 0 Å². The zero-order valence-electron chi connectivity index (χ0n) is 13.7. The van der Waals surface area contributed by atoms with E-state index in [1.165, 1.54) is 18.5 Å². The molecule has 4 heteroatoms. The summed E-state index contributed by atoms with van der Waals surface area (Å²) in [6, 6.07) is 10.0. The summed E-state index contributed by atoms with van der Waals surface area (Å²) >= 11 is 0. The van der Waals surface area contributed by atoms with Crippen LogP contribution in [0.25, 0.3) is 0 Å². The van der Waals surface area contributed by atoms with E-state index in [2.05, 4.69) is 11.0 Å². The highest BCUT2D eigenvalue weighted by Crippen LogP contribution is 2.26. The Morgan fingerprint density at radius 1 is 1.09 bits per heavy atom. The van der Waals surface area contributed by atoms with Gasteiger partial charge < -0.3 is 9.80 Å². The minimum atomic E-state index is 0.358. The van der Waals surface area contributed by atoms with Gasteiger partial charge >= 0.3 is 0 Å². The first-order chi connectivity index (χ1) is 11.3. The number of anilines is 1. The molecule has 0 saturated carbocycles. The van der Waals surface area contributed by atoms with Crippen molar-refractivity contribution >= 4 is 11.6 Å². The van der Waals surface area contributed by atoms with Crippen LogP contribution >= 0.6 is 0 Å². The van der Waals surface area contributed by atoms with Gasteiger partial charge in [0, 0.05) is 38.3 Å². The van der Waals surface area contributed by atoms with Gasteiger partial charge in [-0.2, -0.15) is 5.26 Å². The number of rotatable bonds is 4. The maximum atomic E-state index is 12.1. The highest BCUT2D eigenvalue weighted by molar-refractivity contribution is 5.76. The van der Waals surface area contributed by atoms with Crippen molar-refractivity contribution in [1.82, 2.24) is 4.90 Å². The number of amides is 1. The van der Waals surface area contributed by atoms with E-state index in [0.29, 0.717) is 17.4 Å². The molecule has 4 nitrogen and oxygen atoms in total. The summed E-state index contributed by atoms with van der Waals surface area (Å²) in [4.78, 5) is 16.5. The lowest BCUT2D eigenvalue weighted by molar-refractivity contribution is -0.130. The largest absolute Gasteiger partial charge is 0.372 e. The molecule has 0 bridgehead atoms. The monoisotopic (exact) mass is 311 g/mol. The zero-order chi connectivity index (χ0) is 16.1. The van der Waals surface area contributed by atoms with E-state index in [9.17, 15) is 4.79 Å². The van der Waals surface area contributed by atoms with Crippen LogP contribution in [0.3, 0.4) is 0 Å². The fraction of sp³-hybridized carbons (Fsp3) is 0.579. The van der Waals surface area contributed by atoms with Crippen LogP contribution in [0.2, 0.25) is 0 Å². The van der Waals surface area contributed by atoms with E-state index < -0.39 is 0 Å². The summed E-state index contributed by atoms with van der Waals surface area (Å²) in [5.41, 5.74) is 1.92. The predicted molar refractivity (Wildman–Crippen MR) is 91.1 cm³/mol. The molecule has 1 aromatic rings. The fourth-order valence-corrected chi connectivity index (χ4v) is 3.68. The Morgan fingerprint density at radius 2 is 1.74 bits per heavy atom. The van der Waals surface area contributed by atoms with Crippen molar-refractivity contribution < 1.29 is 4.79 Å². The first kappa shape index (κ1) is 15.9. The smallest absolute Gasteiger partial charge is 0.222 e. The van der Waals surface area contributed by atoms with Gasteiger partial charge in [0.1, 0.15) is 0 Å². The summed E-state index contributed by atoms with van der Waals surface area (Å²) in [6.07, 6.45) is 6.43. The second kappa shape index (κ2) is 7.50. The van der Waals surface area contributed by atoms with Crippen LogP contribution in [0, 0.1) is 17.2 Å². The number of carbonyl (C=O) groups excluding carboxylic acids is 1. The average Bonchev–Trinajstić information content (AvgIpc) is 3.15. The van der Waals surface area contributed by atoms with Gasteiger partial charge in [0.25, 0.3) is 0 Å². The molecule has 0 N–H and O–H groups in total. The van der Waals surface area contributed by atoms with E-state index in [-0.39, 0.29) is 0 Å². The topological polar surface area (TPSA) is 47.3 Å². The molecule has 122 valence electrons. The van der Waals surface area contributed by atoms with Crippen molar-refractivity contribution in [3.05, 3.63) is 29.8 Å². The number of carbonyl (C=O) groups is 1. The second-order valence-electron chi connectivity index (χ2n) is 6.72. The minimum Gasteiger partial charge on any atom is -0.372 e. The number of hydrogen-bond donors (Lipinski definition) is 0. The molecule has 3 rings (SSSR count). The lowest BCUT2D eigenvalue weighted by Gasteiger charge is -2.33. The van der Waals surface area contributed by atoms with Crippen molar-refractivity contribution in [2.75, 3.05) is 31.1 Å². The van der Waals surface area contributed by atoms with Crippen molar-refractivity contribution in [3.63, 3.8) is 0 Å². The van der Waals surface area contributed by atoms with Crippen LogP contribution in [0.5, 0.6) is 0 Å². The minimum absolute atomic E-state index is 0.358. The molecule has 0 aromatic heterocycles. The van der Waals surface area contributed by atoms with E-state index in [1.807, 2.05) is 29.2 Å². The van der Waals surface area contributed by atoms with Crippen molar-refractivity contribution in [3.8, 4) is 6.07 Å². The van der Waals surface area contributed by atoms with Gasteiger partial charge in [-0.05, 0) is 62.3 Å². The number of piperidine rings is 1. The molecule has 2 aliphatic heterocycles. The van der Waals surface area contributed by atoms with Crippen LogP contribution in [-0.2, 0) is 4.79 Å². The van der Waals surface area contributed by atoms with Gasteiger partial charge in [0.05, 0.1) is 11.6 Å². The highest BCUT2D eigenvalue weighted by Gasteiger charge is 2.22. The second-order valence-corrected chi connectivity index (χ2v) is 6.72. The number of benzene rings is 1. The number of nitriles is 1. The van der Waals surface area contributed by atoms with Crippen LogP contribution in [0.1, 0.15) is 44.1 Å². The molecule has 0 unspecified atom stereocenters. The molecule has 1 amide bonds. The normalized spacial score (nSPS) is 18.9. The molecular formula is C19H25N3O. The quantitative estimate of drug-likeness (QED) is 0.858. The Balaban J connectivity index is 1.43. The maximum Gasteiger partial charge on any atom is 0.222 e. The summed E-state index contributed by atoms with van der Waals surface area (Å²) < 4.78 is 0. The van der Waals surface area contributed by atoms with E-state index >= 15 is 0 Å². The lowest BCUT2D eigenvalue weighted by Crippen LogP contribution is -2.34. The summed E-state index contributed by atoms with van der Waals surface area (Å²) in [5.74, 6) is 1.04. The molecule has 0 spiro atoms. The molecule has 2 fully saturated rings. The van der Waals surface area contributed by atoms with Gasteiger partial charge in [0.2, 0.25) is 5.91 Å². The molecule has 0 radical (unpaired) electrons. The third-order valence-corrected chi connectivity index (χ3v) is 5.20. The summed E-state index contributed by atoms with van der Waals surface area (Å²) in [7, 11) is 0. The first-order valence-electron chi connectivity index (χ1n) is 8.79. The standard InChI is InChI=1S/C19H25N3O/c20-15-17-3-6-18(7-4-17)21-13-9-16(10-14-21)5-8-19(23)22-11-1-2-12-22/h3-4,6-7,16H,1-2,5,8-14H2. The zero-order valence-corrected chi connectivity index (χ0v) is 13.7. The SMILES string of the molecule is N#Cc1ccc(N2CCC(CCC(=O)N3CCCC3)CC2)cc1. The molecule has 1 aromatic carbocycles. The fourth-order valence-electron chi connectivity index (χ4n) is 3.68. The Morgan fingerprint density at radius 3 is 2.35 bits per heavy atom.